The Morgan fingerprint density at radius 1 is 1.50 bits per heavy atom. The monoisotopic (exact) mass is 210 g/mol. The molecule has 0 bridgehead atoms. The van der Waals surface area contributed by atoms with Gasteiger partial charge < -0.3 is 5.11 Å². The van der Waals surface area contributed by atoms with Gasteiger partial charge in [0.05, 0.1) is 6.10 Å². The number of aliphatic hydroxyl groups is 1. The zero-order valence-electron chi connectivity index (χ0n) is 8.65. The van der Waals surface area contributed by atoms with Gasteiger partial charge in [-0.1, -0.05) is 6.92 Å². The molecule has 2 rings (SSSR count). The SMILES string of the molecule is CC1CCC(O)C(Cc2ccsc2)C1. The van der Waals surface area contributed by atoms with E-state index < -0.39 is 0 Å². The summed E-state index contributed by atoms with van der Waals surface area (Å²) in [5.41, 5.74) is 1.40. The first-order valence-corrected chi connectivity index (χ1v) is 6.39. The summed E-state index contributed by atoms with van der Waals surface area (Å²) in [5.74, 6) is 1.29. The Kier molecular flexibility index (Phi) is 3.24. The molecule has 1 aliphatic rings. The maximum Gasteiger partial charge on any atom is 0.0571 e. The molecule has 0 aromatic carbocycles. The summed E-state index contributed by atoms with van der Waals surface area (Å²) >= 11 is 1.75. The van der Waals surface area contributed by atoms with Crippen molar-refractivity contribution in [3.63, 3.8) is 0 Å². The van der Waals surface area contributed by atoms with Gasteiger partial charge in [0.2, 0.25) is 0 Å². The number of aliphatic hydroxyl groups excluding tert-OH is 1. The van der Waals surface area contributed by atoms with Crippen LogP contribution in [0.15, 0.2) is 16.8 Å². The quantitative estimate of drug-likeness (QED) is 0.795. The predicted molar refractivity (Wildman–Crippen MR) is 60.5 cm³/mol. The first-order valence-electron chi connectivity index (χ1n) is 5.45. The minimum Gasteiger partial charge on any atom is -0.393 e. The van der Waals surface area contributed by atoms with Crippen molar-refractivity contribution < 1.29 is 5.11 Å². The van der Waals surface area contributed by atoms with Crippen molar-refractivity contribution in [2.45, 2.75) is 38.7 Å². The highest BCUT2D eigenvalue weighted by atomic mass is 32.1. The van der Waals surface area contributed by atoms with Crippen LogP contribution in [0.5, 0.6) is 0 Å². The highest BCUT2D eigenvalue weighted by molar-refractivity contribution is 7.07. The molecular weight excluding hydrogens is 192 g/mol. The van der Waals surface area contributed by atoms with Gasteiger partial charge in [0.15, 0.2) is 0 Å². The summed E-state index contributed by atoms with van der Waals surface area (Å²) in [4.78, 5) is 0. The molecule has 1 aromatic heterocycles. The van der Waals surface area contributed by atoms with E-state index in [0.717, 1.165) is 18.8 Å². The van der Waals surface area contributed by atoms with Gasteiger partial charge in [-0.25, -0.2) is 0 Å². The van der Waals surface area contributed by atoms with Gasteiger partial charge in [0.25, 0.3) is 0 Å². The third kappa shape index (κ3) is 2.37. The van der Waals surface area contributed by atoms with Crippen LogP contribution in [0.3, 0.4) is 0 Å². The molecule has 1 aliphatic carbocycles. The Morgan fingerprint density at radius 2 is 2.36 bits per heavy atom. The Balaban J connectivity index is 1.95. The molecule has 1 aromatic rings. The van der Waals surface area contributed by atoms with E-state index in [-0.39, 0.29) is 6.10 Å². The van der Waals surface area contributed by atoms with E-state index in [9.17, 15) is 5.11 Å². The number of thiophene rings is 1. The lowest BCUT2D eigenvalue weighted by molar-refractivity contribution is 0.0520. The van der Waals surface area contributed by atoms with Gasteiger partial charge in [-0.05, 0) is 59.9 Å². The van der Waals surface area contributed by atoms with Crippen LogP contribution in [0, 0.1) is 11.8 Å². The van der Waals surface area contributed by atoms with Gasteiger partial charge >= 0.3 is 0 Å². The minimum atomic E-state index is -0.0638. The zero-order valence-corrected chi connectivity index (χ0v) is 9.46. The number of hydrogen-bond donors (Lipinski definition) is 1. The first-order chi connectivity index (χ1) is 6.75. The highest BCUT2D eigenvalue weighted by Crippen LogP contribution is 2.31. The molecule has 14 heavy (non-hydrogen) atoms. The van der Waals surface area contributed by atoms with Gasteiger partial charge in [-0.2, -0.15) is 11.3 Å². The number of rotatable bonds is 2. The molecule has 1 heterocycles. The molecule has 1 N–H and O–H groups in total. The van der Waals surface area contributed by atoms with E-state index >= 15 is 0 Å². The molecule has 78 valence electrons. The third-order valence-corrected chi connectivity index (χ3v) is 4.01. The van der Waals surface area contributed by atoms with E-state index in [4.69, 9.17) is 0 Å². The van der Waals surface area contributed by atoms with Crippen LogP contribution < -0.4 is 0 Å². The van der Waals surface area contributed by atoms with E-state index in [1.165, 1.54) is 18.4 Å². The van der Waals surface area contributed by atoms with Crippen LogP contribution in [-0.4, -0.2) is 11.2 Å². The van der Waals surface area contributed by atoms with Gasteiger partial charge in [0.1, 0.15) is 0 Å². The Hall–Kier alpha value is -0.340. The Labute approximate surface area is 89.8 Å². The van der Waals surface area contributed by atoms with Crippen molar-refractivity contribution in [3.05, 3.63) is 22.4 Å². The standard InChI is InChI=1S/C12H18OS/c1-9-2-3-12(13)11(6-9)7-10-4-5-14-8-10/h4-5,8-9,11-13H,2-3,6-7H2,1H3. The fraction of sp³-hybridized carbons (Fsp3) is 0.667. The van der Waals surface area contributed by atoms with Crippen LogP contribution in [0.2, 0.25) is 0 Å². The van der Waals surface area contributed by atoms with E-state index in [0.29, 0.717) is 5.92 Å². The maximum atomic E-state index is 9.89. The smallest absolute Gasteiger partial charge is 0.0571 e. The topological polar surface area (TPSA) is 20.2 Å². The molecule has 1 saturated carbocycles. The first kappa shape index (κ1) is 10.2. The predicted octanol–water partition coefficient (Wildman–Crippen LogP) is 3.09. The summed E-state index contributed by atoms with van der Waals surface area (Å²) < 4.78 is 0. The summed E-state index contributed by atoms with van der Waals surface area (Å²) in [5, 5.41) is 14.2. The lowest BCUT2D eigenvalue weighted by Gasteiger charge is -2.31. The lowest BCUT2D eigenvalue weighted by Crippen LogP contribution is -2.29. The van der Waals surface area contributed by atoms with Crippen LogP contribution in [0.4, 0.5) is 0 Å². The maximum absolute atomic E-state index is 9.89. The molecule has 3 unspecified atom stereocenters. The Bertz CT molecular complexity index is 268. The molecule has 1 nitrogen and oxygen atoms in total. The minimum absolute atomic E-state index is 0.0638. The molecule has 0 saturated heterocycles. The summed E-state index contributed by atoms with van der Waals surface area (Å²) in [6, 6.07) is 2.18. The van der Waals surface area contributed by atoms with E-state index in [1.807, 2.05) is 0 Å². The van der Waals surface area contributed by atoms with Gasteiger partial charge in [-0.15, -0.1) is 0 Å². The molecule has 0 radical (unpaired) electrons. The molecular formula is C12H18OS. The summed E-state index contributed by atoms with van der Waals surface area (Å²) in [6.07, 6.45) is 4.38. The molecule has 0 aliphatic heterocycles. The van der Waals surface area contributed by atoms with Crippen molar-refractivity contribution in [3.8, 4) is 0 Å². The zero-order chi connectivity index (χ0) is 9.97. The van der Waals surface area contributed by atoms with Crippen LogP contribution >= 0.6 is 11.3 Å². The molecule has 3 atom stereocenters. The summed E-state index contributed by atoms with van der Waals surface area (Å²) in [7, 11) is 0. The average Bonchev–Trinajstić information content (AvgIpc) is 2.64. The second kappa shape index (κ2) is 4.45. The van der Waals surface area contributed by atoms with Crippen LogP contribution in [0.1, 0.15) is 31.7 Å². The van der Waals surface area contributed by atoms with E-state index in [1.54, 1.807) is 11.3 Å². The Morgan fingerprint density at radius 3 is 3.07 bits per heavy atom. The fourth-order valence-corrected chi connectivity index (χ4v) is 3.10. The molecule has 2 heteroatoms. The second-order valence-corrected chi connectivity index (χ2v) is 5.36. The number of hydrogen-bond acceptors (Lipinski definition) is 2. The largest absolute Gasteiger partial charge is 0.393 e. The fourth-order valence-electron chi connectivity index (χ4n) is 2.41. The van der Waals surface area contributed by atoms with Crippen molar-refractivity contribution >= 4 is 11.3 Å². The average molecular weight is 210 g/mol. The van der Waals surface area contributed by atoms with Crippen molar-refractivity contribution in [2.24, 2.45) is 11.8 Å². The molecule has 0 spiro atoms. The van der Waals surface area contributed by atoms with E-state index in [2.05, 4.69) is 23.8 Å². The van der Waals surface area contributed by atoms with Crippen molar-refractivity contribution in [1.82, 2.24) is 0 Å². The van der Waals surface area contributed by atoms with Gasteiger partial charge in [-0.3, -0.25) is 0 Å². The highest BCUT2D eigenvalue weighted by Gasteiger charge is 2.26. The normalized spacial score (nSPS) is 33.1. The molecule has 1 fully saturated rings. The summed E-state index contributed by atoms with van der Waals surface area (Å²) in [6.45, 7) is 2.30. The second-order valence-electron chi connectivity index (χ2n) is 4.58. The third-order valence-electron chi connectivity index (χ3n) is 3.28. The molecule has 0 amide bonds. The van der Waals surface area contributed by atoms with Crippen molar-refractivity contribution in [1.29, 1.82) is 0 Å². The van der Waals surface area contributed by atoms with Gasteiger partial charge in [0, 0.05) is 0 Å². The van der Waals surface area contributed by atoms with Crippen molar-refractivity contribution in [2.75, 3.05) is 0 Å². The van der Waals surface area contributed by atoms with Crippen LogP contribution in [-0.2, 0) is 6.42 Å². The lowest BCUT2D eigenvalue weighted by atomic mass is 9.78. The van der Waals surface area contributed by atoms with Crippen LogP contribution in [0.25, 0.3) is 0 Å².